The topological polar surface area (TPSA) is 70.7 Å². The standard InChI is InChI=1S/C18H18ClN3O3/c19-14-4-2-6-16(12-14)21-18(24)20-15-5-1-3-13(11-15)17(23)22-7-9-25-10-8-22/h1-6,11-12H,7-10H2,(H2,20,21,24). The lowest BCUT2D eigenvalue weighted by Gasteiger charge is -2.27. The number of hydrogen-bond acceptors (Lipinski definition) is 3. The summed E-state index contributed by atoms with van der Waals surface area (Å²) < 4.78 is 5.26. The van der Waals surface area contributed by atoms with Crippen molar-refractivity contribution in [2.75, 3.05) is 36.9 Å². The molecule has 1 aliphatic heterocycles. The summed E-state index contributed by atoms with van der Waals surface area (Å²) in [7, 11) is 0. The van der Waals surface area contributed by atoms with Crippen LogP contribution in [0.4, 0.5) is 16.2 Å². The number of benzene rings is 2. The second-order valence-corrected chi connectivity index (χ2v) is 6.01. The van der Waals surface area contributed by atoms with Crippen LogP contribution in [0.2, 0.25) is 5.02 Å². The van der Waals surface area contributed by atoms with E-state index >= 15 is 0 Å². The molecular formula is C18H18ClN3O3. The van der Waals surface area contributed by atoms with Crippen LogP contribution in [0.5, 0.6) is 0 Å². The molecule has 0 spiro atoms. The molecule has 1 aliphatic rings. The summed E-state index contributed by atoms with van der Waals surface area (Å²) in [4.78, 5) is 26.3. The first kappa shape index (κ1) is 17.3. The van der Waals surface area contributed by atoms with Gasteiger partial charge in [0.15, 0.2) is 0 Å². The maximum Gasteiger partial charge on any atom is 0.323 e. The van der Waals surface area contributed by atoms with Gasteiger partial charge in [-0.1, -0.05) is 23.7 Å². The van der Waals surface area contributed by atoms with Gasteiger partial charge in [0.1, 0.15) is 0 Å². The molecule has 0 bridgehead atoms. The van der Waals surface area contributed by atoms with Crippen LogP contribution in [0.1, 0.15) is 10.4 Å². The van der Waals surface area contributed by atoms with E-state index in [0.717, 1.165) is 0 Å². The van der Waals surface area contributed by atoms with Crippen molar-refractivity contribution in [2.24, 2.45) is 0 Å². The Morgan fingerprint density at radius 1 is 0.960 bits per heavy atom. The van der Waals surface area contributed by atoms with Crippen LogP contribution < -0.4 is 10.6 Å². The summed E-state index contributed by atoms with van der Waals surface area (Å²) in [5.41, 5.74) is 1.66. The predicted molar refractivity (Wildman–Crippen MR) is 97.3 cm³/mol. The monoisotopic (exact) mass is 359 g/mol. The lowest BCUT2D eigenvalue weighted by atomic mass is 10.1. The van der Waals surface area contributed by atoms with Crippen LogP contribution in [0.3, 0.4) is 0 Å². The molecule has 2 N–H and O–H groups in total. The Morgan fingerprint density at radius 2 is 1.60 bits per heavy atom. The normalized spacial score (nSPS) is 14.0. The number of carbonyl (C=O) groups excluding carboxylic acids is 2. The van der Waals surface area contributed by atoms with E-state index in [-0.39, 0.29) is 5.91 Å². The van der Waals surface area contributed by atoms with Crippen LogP contribution in [-0.2, 0) is 4.74 Å². The predicted octanol–water partition coefficient (Wildman–Crippen LogP) is 3.46. The number of ether oxygens (including phenoxy) is 1. The van der Waals surface area contributed by atoms with Crippen LogP contribution in [0.15, 0.2) is 48.5 Å². The molecule has 25 heavy (non-hydrogen) atoms. The zero-order chi connectivity index (χ0) is 17.6. The molecule has 3 rings (SSSR count). The Hall–Kier alpha value is -2.57. The van der Waals surface area contributed by atoms with E-state index in [2.05, 4.69) is 10.6 Å². The van der Waals surface area contributed by atoms with E-state index in [1.165, 1.54) is 0 Å². The Bertz CT molecular complexity index is 776. The molecular weight excluding hydrogens is 342 g/mol. The van der Waals surface area contributed by atoms with Gasteiger partial charge < -0.3 is 20.3 Å². The largest absolute Gasteiger partial charge is 0.378 e. The molecule has 2 aromatic rings. The fourth-order valence-electron chi connectivity index (χ4n) is 2.54. The maximum absolute atomic E-state index is 12.5. The van der Waals surface area contributed by atoms with E-state index in [9.17, 15) is 9.59 Å². The molecule has 0 aromatic heterocycles. The first-order valence-electron chi connectivity index (χ1n) is 7.92. The lowest BCUT2D eigenvalue weighted by Crippen LogP contribution is -2.40. The summed E-state index contributed by atoms with van der Waals surface area (Å²) in [5, 5.41) is 5.95. The molecule has 0 radical (unpaired) electrons. The molecule has 2 aromatic carbocycles. The van der Waals surface area contributed by atoms with Crippen LogP contribution >= 0.6 is 11.6 Å². The van der Waals surface area contributed by atoms with Gasteiger partial charge in [0.05, 0.1) is 13.2 Å². The minimum Gasteiger partial charge on any atom is -0.378 e. The summed E-state index contributed by atoms with van der Waals surface area (Å²) in [6.07, 6.45) is 0. The van der Waals surface area contributed by atoms with Gasteiger partial charge in [-0.15, -0.1) is 0 Å². The quantitative estimate of drug-likeness (QED) is 0.881. The molecule has 3 amide bonds. The van der Waals surface area contributed by atoms with E-state index in [1.807, 2.05) is 0 Å². The molecule has 1 heterocycles. The average molecular weight is 360 g/mol. The van der Waals surface area contributed by atoms with Crippen molar-refractivity contribution >= 4 is 34.9 Å². The number of morpholine rings is 1. The number of nitrogens with one attached hydrogen (secondary N) is 2. The summed E-state index contributed by atoms with van der Waals surface area (Å²) in [6.45, 7) is 2.24. The van der Waals surface area contributed by atoms with Crippen molar-refractivity contribution in [3.8, 4) is 0 Å². The highest BCUT2D eigenvalue weighted by Crippen LogP contribution is 2.17. The van der Waals surface area contributed by atoms with Gasteiger partial charge in [0.25, 0.3) is 5.91 Å². The van der Waals surface area contributed by atoms with Crippen molar-refractivity contribution in [3.05, 3.63) is 59.1 Å². The third kappa shape index (κ3) is 4.71. The minimum absolute atomic E-state index is 0.0674. The zero-order valence-electron chi connectivity index (χ0n) is 13.5. The number of amides is 3. The molecule has 0 unspecified atom stereocenters. The second kappa shape index (κ2) is 8.00. The van der Waals surface area contributed by atoms with E-state index in [4.69, 9.17) is 16.3 Å². The van der Waals surface area contributed by atoms with Crippen molar-refractivity contribution < 1.29 is 14.3 Å². The highest BCUT2D eigenvalue weighted by atomic mass is 35.5. The van der Waals surface area contributed by atoms with E-state index < -0.39 is 6.03 Å². The Balaban J connectivity index is 1.64. The highest BCUT2D eigenvalue weighted by Gasteiger charge is 2.18. The fourth-order valence-corrected chi connectivity index (χ4v) is 2.73. The van der Waals surface area contributed by atoms with Gasteiger partial charge in [-0.2, -0.15) is 0 Å². The Kier molecular flexibility index (Phi) is 5.53. The van der Waals surface area contributed by atoms with Crippen molar-refractivity contribution in [1.82, 2.24) is 4.90 Å². The summed E-state index contributed by atoms with van der Waals surface area (Å²) in [6, 6.07) is 13.3. The molecule has 0 atom stereocenters. The van der Waals surface area contributed by atoms with Gasteiger partial charge in [-0.05, 0) is 36.4 Å². The molecule has 1 saturated heterocycles. The van der Waals surface area contributed by atoms with E-state index in [0.29, 0.717) is 48.3 Å². The number of nitrogens with zero attached hydrogens (tertiary/aromatic N) is 1. The highest BCUT2D eigenvalue weighted by molar-refractivity contribution is 6.30. The number of anilines is 2. The molecule has 0 aliphatic carbocycles. The second-order valence-electron chi connectivity index (χ2n) is 5.57. The summed E-state index contributed by atoms with van der Waals surface area (Å²) >= 11 is 5.90. The third-order valence-electron chi connectivity index (χ3n) is 3.75. The number of hydrogen-bond donors (Lipinski definition) is 2. The molecule has 0 saturated carbocycles. The zero-order valence-corrected chi connectivity index (χ0v) is 14.3. The number of carbonyl (C=O) groups is 2. The van der Waals surface area contributed by atoms with Crippen molar-refractivity contribution in [3.63, 3.8) is 0 Å². The molecule has 6 nitrogen and oxygen atoms in total. The third-order valence-corrected chi connectivity index (χ3v) is 3.98. The van der Waals surface area contributed by atoms with E-state index in [1.54, 1.807) is 53.4 Å². The molecule has 7 heteroatoms. The average Bonchev–Trinajstić information content (AvgIpc) is 2.62. The van der Waals surface area contributed by atoms with Gasteiger partial charge in [-0.25, -0.2) is 4.79 Å². The van der Waals surface area contributed by atoms with Crippen molar-refractivity contribution in [2.45, 2.75) is 0 Å². The van der Waals surface area contributed by atoms with Gasteiger partial charge in [0, 0.05) is 35.1 Å². The van der Waals surface area contributed by atoms with Crippen LogP contribution in [0, 0.1) is 0 Å². The SMILES string of the molecule is O=C(Nc1cccc(Cl)c1)Nc1cccc(C(=O)N2CCOCC2)c1. The first-order chi connectivity index (χ1) is 12.1. The number of urea groups is 1. The molecule has 1 fully saturated rings. The fraction of sp³-hybridized carbons (Fsp3) is 0.222. The Morgan fingerprint density at radius 3 is 2.28 bits per heavy atom. The molecule has 130 valence electrons. The number of halogens is 1. The smallest absolute Gasteiger partial charge is 0.323 e. The van der Waals surface area contributed by atoms with Gasteiger partial charge >= 0.3 is 6.03 Å². The van der Waals surface area contributed by atoms with Gasteiger partial charge in [-0.3, -0.25) is 4.79 Å². The van der Waals surface area contributed by atoms with Crippen molar-refractivity contribution in [1.29, 1.82) is 0 Å². The Labute approximate surface area is 150 Å². The number of rotatable bonds is 3. The first-order valence-corrected chi connectivity index (χ1v) is 8.30. The summed E-state index contributed by atoms with van der Waals surface area (Å²) in [5.74, 6) is -0.0674. The van der Waals surface area contributed by atoms with Crippen LogP contribution in [0.25, 0.3) is 0 Å². The minimum atomic E-state index is -0.404. The van der Waals surface area contributed by atoms with Gasteiger partial charge in [0.2, 0.25) is 0 Å². The lowest BCUT2D eigenvalue weighted by molar-refractivity contribution is 0.0303. The van der Waals surface area contributed by atoms with Crippen LogP contribution in [-0.4, -0.2) is 43.1 Å². The maximum atomic E-state index is 12.5.